The zero-order valence-electron chi connectivity index (χ0n) is 12.0. The van der Waals surface area contributed by atoms with Crippen molar-refractivity contribution >= 4 is 11.6 Å². The van der Waals surface area contributed by atoms with Gasteiger partial charge in [0, 0.05) is 17.7 Å². The van der Waals surface area contributed by atoms with E-state index in [0.29, 0.717) is 29.6 Å². The van der Waals surface area contributed by atoms with Crippen LogP contribution < -0.4 is 5.32 Å². The molecule has 4 nitrogen and oxygen atoms in total. The molecule has 0 saturated carbocycles. The fraction of sp³-hybridized carbons (Fsp3) is 0.375. The number of halogens is 1. The van der Waals surface area contributed by atoms with Crippen molar-refractivity contribution in [3.63, 3.8) is 0 Å². The van der Waals surface area contributed by atoms with Crippen molar-refractivity contribution in [1.29, 1.82) is 0 Å². The van der Waals surface area contributed by atoms with E-state index < -0.39 is 0 Å². The second-order valence-corrected chi connectivity index (χ2v) is 5.11. The SMILES string of the molecule is CCNc1nnc(-c2ccc(C3=CCCCC3)c(F)c2)o1. The number of nitrogens with one attached hydrogen (secondary N) is 1. The molecule has 0 aliphatic heterocycles. The molecular formula is C16H18FN3O. The van der Waals surface area contributed by atoms with Crippen LogP contribution in [-0.4, -0.2) is 16.7 Å². The lowest BCUT2D eigenvalue weighted by Gasteiger charge is -2.13. The van der Waals surface area contributed by atoms with E-state index in [1.807, 2.05) is 13.0 Å². The Labute approximate surface area is 123 Å². The van der Waals surface area contributed by atoms with Crippen LogP contribution in [0.25, 0.3) is 17.0 Å². The third-order valence-corrected chi connectivity index (χ3v) is 3.61. The van der Waals surface area contributed by atoms with E-state index in [0.717, 1.165) is 24.8 Å². The molecule has 0 bridgehead atoms. The summed E-state index contributed by atoms with van der Waals surface area (Å²) >= 11 is 0. The normalized spacial score (nSPS) is 14.9. The van der Waals surface area contributed by atoms with Crippen molar-refractivity contribution in [3.8, 4) is 11.5 Å². The van der Waals surface area contributed by atoms with Crippen LogP contribution in [-0.2, 0) is 0 Å². The molecule has 1 aromatic heterocycles. The molecule has 5 heteroatoms. The van der Waals surface area contributed by atoms with Gasteiger partial charge in [-0.15, -0.1) is 5.10 Å². The summed E-state index contributed by atoms with van der Waals surface area (Å²) in [4.78, 5) is 0. The van der Waals surface area contributed by atoms with Gasteiger partial charge in [-0.25, -0.2) is 4.39 Å². The van der Waals surface area contributed by atoms with Gasteiger partial charge in [-0.05, 0) is 50.3 Å². The molecule has 0 radical (unpaired) electrons. The van der Waals surface area contributed by atoms with E-state index in [2.05, 4.69) is 21.6 Å². The average molecular weight is 287 g/mol. The summed E-state index contributed by atoms with van der Waals surface area (Å²) in [6, 6.07) is 5.45. The largest absolute Gasteiger partial charge is 0.403 e. The molecule has 0 fully saturated rings. The predicted molar refractivity (Wildman–Crippen MR) is 80.3 cm³/mol. The van der Waals surface area contributed by atoms with Crippen LogP contribution in [0.15, 0.2) is 28.7 Å². The Bertz CT molecular complexity index is 663. The summed E-state index contributed by atoms with van der Waals surface area (Å²) < 4.78 is 19.8. The lowest BCUT2D eigenvalue weighted by molar-refractivity contribution is 0.579. The summed E-state index contributed by atoms with van der Waals surface area (Å²) in [6.07, 6.45) is 6.44. The van der Waals surface area contributed by atoms with Crippen molar-refractivity contribution in [1.82, 2.24) is 10.2 Å². The Hall–Kier alpha value is -2.17. The van der Waals surface area contributed by atoms with Crippen molar-refractivity contribution in [2.45, 2.75) is 32.6 Å². The van der Waals surface area contributed by atoms with Crippen LogP contribution in [0.5, 0.6) is 0 Å². The molecule has 1 aliphatic carbocycles. The molecule has 21 heavy (non-hydrogen) atoms. The maximum atomic E-state index is 14.3. The first-order chi connectivity index (χ1) is 10.3. The van der Waals surface area contributed by atoms with Gasteiger partial charge in [0.25, 0.3) is 0 Å². The summed E-state index contributed by atoms with van der Waals surface area (Å²) in [5.41, 5.74) is 2.39. The molecule has 0 amide bonds. The van der Waals surface area contributed by atoms with Crippen LogP contribution in [0, 0.1) is 5.82 Å². The number of nitrogens with zero attached hydrogens (tertiary/aromatic N) is 2. The van der Waals surface area contributed by atoms with E-state index in [9.17, 15) is 4.39 Å². The van der Waals surface area contributed by atoms with Crippen LogP contribution in [0.4, 0.5) is 10.4 Å². The zero-order valence-corrected chi connectivity index (χ0v) is 12.0. The van der Waals surface area contributed by atoms with Gasteiger partial charge in [0.05, 0.1) is 0 Å². The van der Waals surface area contributed by atoms with E-state index in [4.69, 9.17) is 4.42 Å². The first kappa shape index (κ1) is 13.8. The maximum Gasteiger partial charge on any atom is 0.315 e. The average Bonchev–Trinajstić information content (AvgIpc) is 2.97. The highest BCUT2D eigenvalue weighted by molar-refractivity contribution is 5.69. The van der Waals surface area contributed by atoms with Gasteiger partial charge in [0.1, 0.15) is 5.82 Å². The number of rotatable bonds is 4. The predicted octanol–water partition coefficient (Wildman–Crippen LogP) is 4.26. The molecule has 1 heterocycles. The third-order valence-electron chi connectivity index (χ3n) is 3.61. The Morgan fingerprint density at radius 3 is 2.90 bits per heavy atom. The van der Waals surface area contributed by atoms with Gasteiger partial charge < -0.3 is 9.73 Å². The minimum Gasteiger partial charge on any atom is -0.403 e. The number of hydrogen-bond acceptors (Lipinski definition) is 4. The molecule has 2 aromatic rings. The summed E-state index contributed by atoms with van der Waals surface area (Å²) in [6.45, 7) is 2.64. The van der Waals surface area contributed by atoms with Gasteiger partial charge in [0.2, 0.25) is 5.89 Å². The molecule has 110 valence electrons. The minimum absolute atomic E-state index is 0.233. The van der Waals surface area contributed by atoms with Crippen LogP contribution in [0.3, 0.4) is 0 Å². The molecule has 0 saturated heterocycles. The highest BCUT2D eigenvalue weighted by Crippen LogP contribution is 2.30. The highest BCUT2D eigenvalue weighted by Gasteiger charge is 2.14. The van der Waals surface area contributed by atoms with Crippen molar-refractivity contribution in [2.24, 2.45) is 0 Å². The Kier molecular flexibility index (Phi) is 3.99. The van der Waals surface area contributed by atoms with Crippen molar-refractivity contribution < 1.29 is 8.81 Å². The van der Waals surface area contributed by atoms with Crippen molar-refractivity contribution in [2.75, 3.05) is 11.9 Å². The maximum absolute atomic E-state index is 14.3. The third kappa shape index (κ3) is 2.96. The second-order valence-electron chi connectivity index (χ2n) is 5.11. The van der Waals surface area contributed by atoms with Gasteiger partial charge >= 0.3 is 6.01 Å². The van der Waals surface area contributed by atoms with E-state index in [-0.39, 0.29) is 5.82 Å². The molecule has 0 unspecified atom stereocenters. The van der Waals surface area contributed by atoms with Gasteiger partial charge in [-0.1, -0.05) is 17.2 Å². The first-order valence-corrected chi connectivity index (χ1v) is 7.34. The number of allylic oxidation sites excluding steroid dienone is 2. The molecular weight excluding hydrogens is 269 g/mol. The van der Waals surface area contributed by atoms with Crippen molar-refractivity contribution in [3.05, 3.63) is 35.7 Å². The topological polar surface area (TPSA) is 51.0 Å². The monoisotopic (exact) mass is 287 g/mol. The smallest absolute Gasteiger partial charge is 0.315 e. The standard InChI is InChI=1S/C16H18FN3O/c1-2-18-16-20-19-15(21-16)12-8-9-13(14(17)10-12)11-6-4-3-5-7-11/h6,8-10H,2-5,7H2,1H3,(H,18,20). The minimum atomic E-state index is -0.233. The second kappa shape index (κ2) is 6.08. The van der Waals surface area contributed by atoms with Crippen LogP contribution in [0.2, 0.25) is 0 Å². The number of benzene rings is 1. The summed E-state index contributed by atoms with van der Waals surface area (Å²) in [5.74, 6) is 0.0953. The zero-order chi connectivity index (χ0) is 14.7. The van der Waals surface area contributed by atoms with Gasteiger partial charge in [-0.2, -0.15) is 0 Å². The Morgan fingerprint density at radius 1 is 1.29 bits per heavy atom. The number of aromatic nitrogens is 2. The number of anilines is 1. The number of hydrogen-bond donors (Lipinski definition) is 1. The highest BCUT2D eigenvalue weighted by atomic mass is 19.1. The van der Waals surface area contributed by atoms with E-state index in [1.165, 1.54) is 12.5 Å². The molecule has 3 rings (SSSR count). The summed E-state index contributed by atoms with van der Waals surface area (Å²) in [7, 11) is 0. The fourth-order valence-corrected chi connectivity index (χ4v) is 2.55. The molecule has 0 spiro atoms. The van der Waals surface area contributed by atoms with Gasteiger partial charge in [-0.3, -0.25) is 0 Å². The Balaban J connectivity index is 1.87. The molecule has 0 atom stereocenters. The first-order valence-electron chi connectivity index (χ1n) is 7.34. The summed E-state index contributed by atoms with van der Waals surface area (Å²) in [5, 5.41) is 10.7. The Morgan fingerprint density at radius 2 is 2.19 bits per heavy atom. The van der Waals surface area contributed by atoms with E-state index >= 15 is 0 Å². The van der Waals surface area contributed by atoms with E-state index in [1.54, 1.807) is 6.07 Å². The lowest BCUT2D eigenvalue weighted by atomic mass is 9.93. The van der Waals surface area contributed by atoms with Crippen LogP contribution >= 0.6 is 0 Å². The molecule has 1 N–H and O–H groups in total. The fourth-order valence-electron chi connectivity index (χ4n) is 2.55. The molecule has 1 aromatic carbocycles. The van der Waals surface area contributed by atoms with Crippen LogP contribution in [0.1, 0.15) is 38.2 Å². The quantitative estimate of drug-likeness (QED) is 0.912. The molecule has 1 aliphatic rings. The van der Waals surface area contributed by atoms with Gasteiger partial charge in [0.15, 0.2) is 0 Å². The lowest BCUT2D eigenvalue weighted by Crippen LogP contribution is -1.95.